The zero-order valence-corrected chi connectivity index (χ0v) is 13.5. The molecule has 4 heteroatoms. The summed E-state index contributed by atoms with van der Waals surface area (Å²) in [6, 6.07) is 5.84. The second-order valence-corrected chi connectivity index (χ2v) is 6.22. The van der Waals surface area contributed by atoms with Crippen LogP contribution in [0.5, 0.6) is 5.75 Å². The highest BCUT2D eigenvalue weighted by molar-refractivity contribution is 9.10. The number of phenolic OH excluding ortho intramolecular Hbond substituents is 1. The quantitative estimate of drug-likeness (QED) is 0.695. The van der Waals surface area contributed by atoms with Gasteiger partial charge in [-0.25, -0.2) is 0 Å². The summed E-state index contributed by atoms with van der Waals surface area (Å²) in [4.78, 5) is 0. The number of benzene rings is 1. The van der Waals surface area contributed by atoms with E-state index in [9.17, 15) is 5.11 Å². The van der Waals surface area contributed by atoms with Crippen LogP contribution in [0.3, 0.4) is 0 Å². The van der Waals surface area contributed by atoms with Crippen molar-refractivity contribution in [3.8, 4) is 5.75 Å². The molecule has 0 spiro atoms. The number of hydrogen-bond donors (Lipinski definition) is 2. The summed E-state index contributed by atoms with van der Waals surface area (Å²) >= 11 is 5.35. The van der Waals surface area contributed by atoms with Crippen LogP contribution in [0.25, 0.3) is 0 Å². The number of aromatic hydroxyl groups is 1. The van der Waals surface area contributed by atoms with Crippen LogP contribution < -0.4 is 5.32 Å². The monoisotopic (exact) mass is 331 g/mol. The van der Waals surface area contributed by atoms with E-state index < -0.39 is 0 Å². The maximum absolute atomic E-state index is 9.91. The van der Waals surface area contributed by atoms with Gasteiger partial charge in [0.25, 0.3) is 0 Å². The van der Waals surface area contributed by atoms with E-state index in [1.807, 2.05) is 23.9 Å². The zero-order chi connectivity index (χ0) is 13.4. The molecule has 0 saturated heterocycles. The lowest BCUT2D eigenvalue weighted by Gasteiger charge is -2.19. The Hall–Kier alpha value is -0.190. The topological polar surface area (TPSA) is 32.3 Å². The summed E-state index contributed by atoms with van der Waals surface area (Å²) in [5.41, 5.74) is 0.983. The van der Waals surface area contributed by atoms with Gasteiger partial charge in [-0.05, 0) is 56.0 Å². The fourth-order valence-corrected chi connectivity index (χ4v) is 2.80. The van der Waals surface area contributed by atoms with Gasteiger partial charge in [0, 0.05) is 16.1 Å². The molecule has 0 radical (unpaired) electrons. The number of thioether (sulfide) groups is 1. The lowest BCUT2D eigenvalue weighted by atomic mass is 10.0. The number of hydrogen-bond acceptors (Lipinski definition) is 3. The molecular formula is C14H22BrNOS. The molecule has 0 bridgehead atoms. The Labute approximate surface area is 123 Å². The third-order valence-corrected chi connectivity index (χ3v) is 4.13. The van der Waals surface area contributed by atoms with Gasteiger partial charge in [0.2, 0.25) is 0 Å². The summed E-state index contributed by atoms with van der Waals surface area (Å²) in [6.45, 7) is 3.14. The van der Waals surface area contributed by atoms with Crippen LogP contribution in [0.1, 0.15) is 37.8 Å². The molecule has 0 aliphatic carbocycles. The Balaban J connectivity index is 2.52. The minimum atomic E-state index is 0.233. The normalized spacial score (nSPS) is 12.6. The predicted molar refractivity (Wildman–Crippen MR) is 84.5 cm³/mol. The fourth-order valence-electron chi connectivity index (χ4n) is 1.93. The van der Waals surface area contributed by atoms with Gasteiger partial charge in [-0.2, -0.15) is 11.8 Å². The van der Waals surface area contributed by atoms with Crippen molar-refractivity contribution in [1.29, 1.82) is 0 Å². The average molecular weight is 332 g/mol. The summed E-state index contributed by atoms with van der Waals surface area (Å²) in [6.07, 6.45) is 5.55. The summed E-state index contributed by atoms with van der Waals surface area (Å²) in [5.74, 6) is 1.60. The van der Waals surface area contributed by atoms with Gasteiger partial charge in [0.1, 0.15) is 5.75 Å². The van der Waals surface area contributed by atoms with Crippen molar-refractivity contribution in [2.45, 2.75) is 32.2 Å². The van der Waals surface area contributed by atoms with E-state index in [0.29, 0.717) is 5.75 Å². The van der Waals surface area contributed by atoms with Crippen molar-refractivity contribution in [1.82, 2.24) is 5.32 Å². The van der Waals surface area contributed by atoms with Crippen molar-refractivity contribution in [3.05, 3.63) is 28.2 Å². The Morgan fingerprint density at radius 2 is 2.17 bits per heavy atom. The molecule has 2 N–H and O–H groups in total. The van der Waals surface area contributed by atoms with Crippen LogP contribution >= 0.6 is 27.7 Å². The molecule has 1 unspecified atom stereocenters. The van der Waals surface area contributed by atoms with Crippen molar-refractivity contribution < 1.29 is 5.11 Å². The minimum absolute atomic E-state index is 0.233. The van der Waals surface area contributed by atoms with Gasteiger partial charge in [-0.1, -0.05) is 22.9 Å². The van der Waals surface area contributed by atoms with Crippen LogP contribution in [0, 0.1) is 0 Å². The zero-order valence-electron chi connectivity index (χ0n) is 11.1. The van der Waals surface area contributed by atoms with Gasteiger partial charge >= 0.3 is 0 Å². The highest BCUT2D eigenvalue weighted by Crippen LogP contribution is 2.29. The van der Waals surface area contributed by atoms with Crippen molar-refractivity contribution in [2.75, 3.05) is 18.6 Å². The van der Waals surface area contributed by atoms with E-state index >= 15 is 0 Å². The van der Waals surface area contributed by atoms with E-state index in [-0.39, 0.29) is 6.04 Å². The van der Waals surface area contributed by atoms with Gasteiger partial charge in [0.05, 0.1) is 0 Å². The fraction of sp³-hybridized carbons (Fsp3) is 0.571. The second-order valence-electron chi connectivity index (χ2n) is 4.32. The molecule has 0 aliphatic heterocycles. The summed E-state index contributed by atoms with van der Waals surface area (Å²) in [5, 5.41) is 13.4. The molecule has 0 aromatic heterocycles. The Bertz CT molecular complexity index is 360. The first-order valence-corrected chi connectivity index (χ1v) is 8.58. The number of halogens is 1. The average Bonchev–Trinajstić information content (AvgIpc) is 2.37. The first-order valence-electron chi connectivity index (χ1n) is 6.39. The molecule has 0 aliphatic rings. The SMILES string of the molecule is CCC(NCCCCSC)c1cc(Br)ccc1O. The summed E-state index contributed by atoms with van der Waals surface area (Å²) < 4.78 is 1.01. The van der Waals surface area contributed by atoms with E-state index in [0.717, 1.165) is 23.0 Å². The standard InChI is InChI=1S/C14H22BrNOS/c1-3-13(16-8-4-5-9-18-2)12-10-11(15)6-7-14(12)17/h6-7,10,13,16-17H,3-5,8-9H2,1-2H3. The molecule has 1 atom stereocenters. The predicted octanol–water partition coefficient (Wildman–Crippen LogP) is 4.34. The molecule has 1 aromatic rings. The number of unbranched alkanes of at least 4 members (excludes halogenated alkanes) is 1. The van der Waals surface area contributed by atoms with E-state index in [1.54, 1.807) is 6.07 Å². The molecule has 0 heterocycles. The first-order chi connectivity index (χ1) is 8.69. The Kier molecular flexibility index (Phi) is 7.79. The number of rotatable bonds is 8. The van der Waals surface area contributed by atoms with Gasteiger partial charge in [0.15, 0.2) is 0 Å². The first kappa shape index (κ1) is 15.9. The van der Waals surface area contributed by atoms with Crippen LogP contribution in [0.15, 0.2) is 22.7 Å². The highest BCUT2D eigenvalue weighted by Gasteiger charge is 2.12. The van der Waals surface area contributed by atoms with Crippen LogP contribution in [-0.4, -0.2) is 23.7 Å². The maximum Gasteiger partial charge on any atom is 0.120 e. The van der Waals surface area contributed by atoms with Crippen LogP contribution in [0.4, 0.5) is 0 Å². The Morgan fingerprint density at radius 3 is 2.83 bits per heavy atom. The van der Waals surface area contributed by atoms with Crippen molar-refractivity contribution in [3.63, 3.8) is 0 Å². The smallest absolute Gasteiger partial charge is 0.120 e. The Morgan fingerprint density at radius 1 is 1.39 bits per heavy atom. The molecule has 0 saturated carbocycles. The molecule has 1 rings (SSSR count). The molecule has 1 aromatic carbocycles. The van der Waals surface area contributed by atoms with Crippen molar-refractivity contribution in [2.24, 2.45) is 0 Å². The minimum Gasteiger partial charge on any atom is -0.508 e. The maximum atomic E-state index is 9.91. The molecule has 2 nitrogen and oxygen atoms in total. The second kappa shape index (κ2) is 8.83. The van der Waals surface area contributed by atoms with Gasteiger partial charge in [-0.15, -0.1) is 0 Å². The van der Waals surface area contributed by atoms with Gasteiger partial charge in [-0.3, -0.25) is 0 Å². The molecule has 0 amide bonds. The molecule has 102 valence electrons. The van der Waals surface area contributed by atoms with E-state index in [2.05, 4.69) is 34.4 Å². The molecule has 0 fully saturated rings. The number of phenols is 1. The third kappa shape index (κ3) is 5.21. The lowest BCUT2D eigenvalue weighted by molar-refractivity contribution is 0.439. The number of nitrogens with one attached hydrogen (secondary N) is 1. The van der Waals surface area contributed by atoms with E-state index in [1.165, 1.54) is 18.6 Å². The molecule has 18 heavy (non-hydrogen) atoms. The lowest BCUT2D eigenvalue weighted by Crippen LogP contribution is -2.22. The highest BCUT2D eigenvalue weighted by atomic mass is 79.9. The summed E-state index contributed by atoms with van der Waals surface area (Å²) in [7, 11) is 0. The van der Waals surface area contributed by atoms with Crippen LogP contribution in [-0.2, 0) is 0 Å². The van der Waals surface area contributed by atoms with Crippen LogP contribution in [0.2, 0.25) is 0 Å². The largest absolute Gasteiger partial charge is 0.508 e. The van der Waals surface area contributed by atoms with Crippen molar-refractivity contribution >= 4 is 27.7 Å². The van der Waals surface area contributed by atoms with E-state index in [4.69, 9.17) is 0 Å². The molecular weight excluding hydrogens is 310 g/mol. The van der Waals surface area contributed by atoms with Gasteiger partial charge < -0.3 is 10.4 Å². The third-order valence-electron chi connectivity index (χ3n) is 2.94.